The maximum Gasteiger partial charge on any atom is 0.306 e. The Labute approximate surface area is 495 Å². The molecule has 0 heterocycles. The second-order valence-corrected chi connectivity index (χ2v) is 22.4. The van der Waals surface area contributed by atoms with Crippen LogP contribution in [0.4, 0.5) is 0 Å². The summed E-state index contributed by atoms with van der Waals surface area (Å²) in [6.45, 7) is 6.51. The number of allylic oxidation sites excluding steroid dienone is 18. The molecule has 1 atom stereocenters. The molecule has 6 heteroatoms. The molecule has 0 aromatic carbocycles. The minimum absolute atomic E-state index is 0.0821. The van der Waals surface area contributed by atoms with E-state index in [0.29, 0.717) is 19.3 Å². The van der Waals surface area contributed by atoms with Crippen LogP contribution in [0, 0.1) is 0 Å². The molecule has 0 saturated carbocycles. The molecule has 458 valence electrons. The lowest BCUT2D eigenvalue weighted by Gasteiger charge is -2.18. The Morgan fingerprint density at radius 1 is 0.263 bits per heavy atom. The molecule has 0 spiro atoms. The van der Waals surface area contributed by atoms with Gasteiger partial charge in [-0.15, -0.1) is 0 Å². The van der Waals surface area contributed by atoms with E-state index >= 15 is 0 Å². The molecule has 0 amide bonds. The van der Waals surface area contributed by atoms with Gasteiger partial charge in [0.2, 0.25) is 0 Å². The van der Waals surface area contributed by atoms with Crippen molar-refractivity contribution >= 4 is 17.9 Å². The second-order valence-electron chi connectivity index (χ2n) is 22.4. The summed E-state index contributed by atoms with van der Waals surface area (Å²) in [5, 5.41) is 0. The predicted molar refractivity (Wildman–Crippen MR) is 348 cm³/mol. The number of esters is 3. The van der Waals surface area contributed by atoms with E-state index in [1.165, 1.54) is 161 Å². The monoisotopic (exact) mass is 1110 g/mol. The Morgan fingerprint density at radius 2 is 0.500 bits per heavy atom. The normalized spacial score (nSPS) is 12.8. The van der Waals surface area contributed by atoms with Crippen LogP contribution in [0.1, 0.15) is 323 Å². The fourth-order valence-electron chi connectivity index (χ4n) is 9.44. The number of carbonyl (C=O) groups is 3. The van der Waals surface area contributed by atoms with Crippen molar-refractivity contribution in [3.63, 3.8) is 0 Å². The molecule has 1 unspecified atom stereocenters. The number of hydrogen-bond acceptors (Lipinski definition) is 6. The molecule has 0 radical (unpaired) electrons. The summed E-state index contributed by atoms with van der Waals surface area (Å²) in [6.07, 6.45) is 92.5. The number of hydrogen-bond donors (Lipinski definition) is 0. The summed E-state index contributed by atoms with van der Waals surface area (Å²) >= 11 is 0. The standard InChI is InChI=1S/C74H126O6/c1-4-7-10-13-16-19-22-24-26-28-30-31-32-33-34-35-36-37-38-39-40-41-42-43-44-46-47-49-52-55-58-61-64-67-73(76)79-70-71(69-78-72(75)66-63-60-57-54-51-21-18-15-12-9-6-3)80-74(77)68-65-62-59-56-53-50-48-45-29-27-25-23-20-17-14-11-8-5-2/h7,10,15-16,18-19,24,26,30-31,33-34,36-37,39-40,42-43,71H,4-6,8-9,11-14,17,20-23,25,27-29,32,35,38,41,44-70H2,1-3H3/b10-7-,18-15-,19-16-,26-24-,31-30-,34-33-,37-36-,40-39-,43-42-. The average molecular weight is 1110 g/mol. The van der Waals surface area contributed by atoms with Crippen molar-refractivity contribution in [1.82, 2.24) is 0 Å². The Kier molecular flexibility index (Phi) is 64.3. The van der Waals surface area contributed by atoms with E-state index in [9.17, 15) is 14.4 Å². The Hall–Kier alpha value is -3.93. The van der Waals surface area contributed by atoms with E-state index in [2.05, 4.69) is 130 Å². The molecule has 0 fully saturated rings. The number of rotatable bonds is 61. The third-order valence-electron chi connectivity index (χ3n) is 14.5. The SMILES string of the molecule is CC/C=C\C/C=C\C/C=C\C/C=C\C/C=C\C/C=C\C/C=C\C/C=C\CCCCCCCCCCC(=O)OCC(COC(=O)CCCCCCC/C=C\CCCC)OC(=O)CCCCCCCCCCCCCCCCCCCC. The van der Waals surface area contributed by atoms with Crippen LogP contribution in [0.3, 0.4) is 0 Å². The number of unbranched alkanes of at least 4 members (excludes halogenated alkanes) is 32. The Morgan fingerprint density at radius 3 is 0.812 bits per heavy atom. The van der Waals surface area contributed by atoms with Crippen LogP contribution in [0.2, 0.25) is 0 Å². The highest BCUT2D eigenvalue weighted by Crippen LogP contribution is 2.17. The van der Waals surface area contributed by atoms with Crippen molar-refractivity contribution in [2.75, 3.05) is 13.2 Å². The summed E-state index contributed by atoms with van der Waals surface area (Å²) in [5.74, 6) is -0.888. The van der Waals surface area contributed by atoms with Gasteiger partial charge in [0.1, 0.15) is 13.2 Å². The molecule has 0 aliphatic carbocycles. The van der Waals surface area contributed by atoms with Crippen molar-refractivity contribution < 1.29 is 28.6 Å². The fourth-order valence-corrected chi connectivity index (χ4v) is 9.44. The lowest BCUT2D eigenvalue weighted by Crippen LogP contribution is -2.30. The van der Waals surface area contributed by atoms with Crippen molar-refractivity contribution in [2.45, 2.75) is 329 Å². The van der Waals surface area contributed by atoms with Crippen LogP contribution in [0.5, 0.6) is 0 Å². The minimum Gasteiger partial charge on any atom is -0.462 e. The van der Waals surface area contributed by atoms with E-state index in [1.54, 1.807) is 0 Å². The quantitative estimate of drug-likeness (QED) is 0.0261. The van der Waals surface area contributed by atoms with Crippen LogP contribution in [0.25, 0.3) is 0 Å². The van der Waals surface area contributed by atoms with Gasteiger partial charge in [-0.3, -0.25) is 14.4 Å². The average Bonchev–Trinajstić information content (AvgIpc) is 3.46. The van der Waals surface area contributed by atoms with Crippen LogP contribution in [-0.2, 0) is 28.6 Å². The maximum atomic E-state index is 12.9. The zero-order chi connectivity index (χ0) is 57.8. The van der Waals surface area contributed by atoms with Crippen molar-refractivity contribution in [3.05, 3.63) is 109 Å². The van der Waals surface area contributed by atoms with Crippen LogP contribution >= 0.6 is 0 Å². The fraction of sp³-hybridized carbons (Fsp3) is 0.716. The summed E-state index contributed by atoms with van der Waals surface area (Å²) in [5.41, 5.74) is 0. The predicted octanol–water partition coefficient (Wildman–Crippen LogP) is 23.4. The smallest absolute Gasteiger partial charge is 0.306 e. The van der Waals surface area contributed by atoms with E-state index < -0.39 is 6.10 Å². The molecule has 0 aliphatic heterocycles. The largest absolute Gasteiger partial charge is 0.462 e. The number of ether oxygens (including phenoxy) is 3. The van der Waals surface area contributed by atoms with E-state index in [-0.39, 0.29) is 31.1 Å². The van der Waals surface area contributed by atoms with Crippen molar-refractivity contribution in [2.24, 2.45) is 0 Å². The van der Waals surface area contributed by atoms with E-state index in [0.717, 1.165) is 122 Å². The van der Waals surface area contributed by atoms with Crippen molar-refractivity contribution in [1.29, 1.82) is 0 Å². The van der Waals surface area contributed by atoms with Crippen LogP contribution in [-0.4, -0.2) is 37.2 Å². The minimum atomic E-state index is -0.784. The van der Waals surface area contributed by atoms with Gasteiger partial charge in [-0.1, -0.05) is 310 Å². The zero-order valence-corrected chi connectivity index (χ0v) is 52.6. The second kappa shape index (κ2) is 67.6. The third kappa shape index (κ3) is 64.9. The van der Waals surface area contributed by atoms with Gasteiger partial charge in [0.25, 0.3) is 0 Å². The Bertz CT molecular complexity index is 1610. The zero-order valence-electron chi connectivity index (χ0n) is 52.6. The van der Waals surface area contributed by atoms with Gasteiger partial charge in [-0.05, 0) is 103 Å². The molecule has 0 bridgehead atoms. The van der Waals surface area contributed by atoms with Crippen LogP contribution in [0.15, 0.2) is 109 Å². The molecule has 6 nitrogen and oxygen atoms in total. The highest BCUT2D eigenvalue weighted by atomic mass is 16.6. The number of carbonyl (C=O) groups excluding carboxylic acids is 3. The van der Waals surface area contributed by atoms with Gasteiger partial charge in [-0.25, -0.2) is 0 Å². The summed E-state index contributed by atoms with van der Waals surface area (Å²) < 4.78 is 16.9. The van der Waals surface area contributed by atoms with Gasteiger partial charge in [0, 0.05) is 19.3 Å². The van der Waals surface area contributed by atoms with Crippen LogP contribution < -0.4 is 0 Å². The Balaban J connectivity index is 4.23. The maximum absolute atomic E-state index is 12.9. The lowest BCUT2D eigenvalue weighted by molar-refractivity contribution is -0.167. The molecule has 80 heavy (non-hydrogen) atoms. The van der Waals surface area contributed by atoms with Gasteiger partial charge in [0.15, 0.2) is 6.10 Å². The summed E-state index contributed by atoms with van der Waals surface area (Å²) in [6, 6.07) is 0. The molecule has 0 aliphatic rings. The lowest BCUT2D eigenvalue weighted by atomic mass is 10.0. The molecule has 0 N–H and O–H groups in total. The van der Waals surface area contributed by atoms with Gasteiger partial charge in [0.05, 0.1) is 0 Å². The summed E-state index contributed by atoms with van der Waals surface area (Å²) in [4.78, 5) is 38.3. The molecule has 0 aromatic heterocycles. The molecule has 0 aromatic rings. The summed E-state index contributed by atoms with van der Waals surface area (Å²) in [7, 11) is 0. The van der Waals surface area contributed by atoms with E-state index in [1.807, 2.05) is 0 Å². The third-order valence-corrected chi connectivity index (χ3v) is 14.5. The van der Waals surface area contributed by atoms with Gasteiger partial charge < -0.3 is 14.2 Å². The highest BCUT2D eigenvalue weighted by molar-refractivity contribution is 5.71. The topological polar surface area (TPSA) is 78.9 Å². The first-order valence-electron chi connectivity index (χ1n) is 33.9. The first-order chi connectivity index (χ1) is 39.5. The van der Waals surface area contributed by atoms with Crippen molar-refractivity contribution in [3.8, 4) is 0 Å². The van der Waals surface area contributed by atoms with Gasteiger partial charge in [-0.2, -0.15) is 0 Å². The van der Waals surface area contributed by atoms with E-state index in [4.69, 9.17) is 14.2 Å². The molecule has 0 saturated heterocycles. The van der Waals surface area contributed by atoms with Gasteiger partial charge >= 0.3 is 17.9 Å². The molecule has 0 rings (SSSR count). The first-order valence-corrected chi connectivity index (χ1v) is 33.9. The molecular weight excluding hydrogens is 985 g/mol. The molecular formula is C74H126O6. The first kappa shape index (κ1) is 76.1. The highest BCUT2D eigenvalue weighted by Gasteiger charge is 2.19.